The molecule has 4 amide bonds. The molecule has 0 bridgehead atoms. The van der Waals surface area contributed by atoms with Crippen LogP contribution in [0.1, 0.15) is 27.6 Å². The zero-order valence-electron chi connectivity index (χ0n) is 12.8. The Bertz CT molecular complexity index is 623. The van der Waals surface area contributed by atoms with E-state index in [9.17, 15) is 19.2 Å². The summed E-state index contributed by atoms with van der Waals surface area (Å²) in [6, 6.07) is 5.49. The number of nitrogens with one attached hydrogen (secondary N) is 2. The van der Waals surface area contributed by atoms with E-state index in [1.54, 1.807) is 24.3 Å². The van der Waals surface area contributed by atoms with Crippen molar-refractivity contribution in [2.45, 2.75) is 13.0 Å². The fourth-order valence-electron chi connectivity index (χ4n) is 2.25. The summed E-state index contributed by atoms with van der Waals surface area (Å²) in [4.78, 5) is 48.4. The molecule has 1 unspecified atom stereocenters. The maximum absolute atomic E-state index is 12.3. The molecule has 0 saturated heterocycles. The number of carbonyl (C=O) groups excluding carboxylic acids is 4. The van der Waals surface area contributed by atoms with E-state index in [2.05, 4.69) is 15.4 Å². The van der Waals surface area contributed by atoms with Gasteiger partial charge in [0.05, 0.1) is 18.2 Å². The highest BCUT2D eigenvalue weighted by atomic mass is 16.5. The number of imide groups is 1. The quantitative estimate of drug-likeness (QED) is 0.593. The van der Waals surface area contributed by atoms with Gasteiger partial charge < -0.3 is 15.4 Å². The highest BCUT2D eigenvalue weighted by Gasteiger charge is 2.40. The Labute approximate surface area is 132 Å². The van der Waals surface area contributed by atoms with Gasteiger partial charge in [-0.25, -0.2) is 4.79 Å². The second kappa shape index (κ2) is 6.91. The van der Waals surface area contributed by atoms with E-state index in [0.29, 0.717) is 11.1 Å². The first kappa shape index (κ1) is 16.5. The topological polar surface area (TPSA) is 105 Å². The first-order valence-electron chi connectivity index (χ1n) is 7.03. The third-order valence-electron chi connectivity index (χ3n) is 3.47. The molecule has 8 nitrogen and oxygen atoms in total. The Morgan fingerprint density at radius 3 is 2.13 bits per heavy atom. The van der Waals surface area contributed by atoms with Gasteiger partial charge in [-0.2, -0.15) is 0 Å². The average Bonchev–Trinajstić information content (AvgIpc) is 2.82. The predicted octanol–water partition coefficient (Wildman–Crippen LogP) is 0.143. The first-order chi connectivity index (χ1) is 11.0. The van der Waals surface area contributed by atoms with Gasteiger partial charge in [0.25, 0.3) is 11.8 Å². The zero-order valence-corrected chi connectivity index (χ0v) is 12.8. The number of ether oxygens (including phenoxy) is 1. The van der Waals surface area contributed by atoms with Crippen LogP contribution in [0.25, 0.3) is 0 Å². The third-order valence-corrected chi connectivity index (χ3v) is 3.47. The molecule has 23 heavy (non-hydrogen) atoms. The Balaban J connectivity index is 1.95. The number of hydrogen-bond donors (Lipinski definition) is 2. The molecule has 0 saturated carbocycles. The normalized spacial score (nSPS) is 14.3. The highest BCUT2D eigenvalue weighted by Crippen LogP contribution is 2.24. The summed E-state index contributed by atoms with van der Waals surface area (Å²) in [7, 11) is 1.23. The molecule has 1 aliphatic heterocycles. The lowest BCUT2D eigenvalue weighted by Crippen LogP contribution is -2.49. The van der Waals surface area contributed by atoms with Crippen molar-refractivity contribution >= 4 is 23.8 Å². The number of methoxy groups -OCH3 is 1. The maximum Gasteiger partial charge on any atom is 0.406 e. The van der Waals surface area contributed by atoms with Crippen LogP contribution in [-0.4, -0.2) is 55.0 Å². The minimum Gasteiger partial charge on any atom is -0.453 e. The van der Waals surface area contributed by atoms with Crippen molar-refractivity contribution in [3.05, 3.63) is 35.4 Å². The lowest BCUT2D eigenvalue weighted by atomic mass is 10.1. The van der Waals surface area contributed by atoms with E-state index in [-0.39, 0.29) is 13.1 Å². The van der Waals surface area contributed by atoms with Crippen LogP contribution in [0.3, 0.4) is 0 Å². The predicted molar refractivity (Wildman–Crippen MR) is 79.8 cm³/mol. The SMILES string of the molecule is COC(=O)NCCNC(=O)C(C)N1C(=O)c2ccccc2C1=O. The van der Waals surface area contributed by atoms with Crippen LogP contribution < -0.4 is 10.6 Å². The van der Waals surface area contributed by atoms with Crippen LogP contribution in [0.2, 0.25) is 0 Å². The number of amides is 4. The fourth-order valence-corrected chi connectivity index (χ4v) is 2.25. The van der Waals surface area contributed by atoms with E-state index in [1.165, 1.54) is 14.0 Å². The molecule has 1 atom stereocenters. The van der Waals surface area contributed by atoms with E-state index >= 15 is 0 Å². The summed E-state index contributed by atoms with van der Waals surface area (Å²) in [5.41, 5.74) is 0.592. The van der Waals surface area contributed by atoms with Gasteiger partial charge in [0, 0.05) is 13.1 Å². The van der Waals surface area contributed by atoms with Gasteiger partial charge in [-0.3, -0.25) is 19.3 Å². The number of nitrogens with zero attached hydrogens (tertiary/aromatic N) is 1. The lowest BCUT2D eigenvalue weighted by Gasteiger charge is -2.21. The summed E-state index contributed by atoms with van der Waals surface area (Å²) >= 11 is 0. The van der Waals surface area contributed by atoms with Gasteiger partial charge in [-0.1, -0.05) is 12.1 Å². The van der Waals surface area contributed by atoms with Gasteiger partial charge in [0.1, 0.15) is 6.04 Å². The van der Waals surface area contributed by atoms with Crippen LogP contribution in [0, 0.1) is 0 Å². The zero-order chi connectivity index (χ0) is 17.0. The molecule has 1 heterocycles. The standard InChI is InChI=1S/C15H17N3O5/c1-9(12(19)16-7-8-17-15(22)23-2)18-13(20)10-5-3-4-6-11(10)14(18)21/h3-6,9H,7-8H2,1-2H3,(H,16,19)(H,17,22). The molecule has 0 fully saturated rings. The summed E-state index contributed by atoms with van der Waals surface area (Å²) in [5.74, 6) is -1.45. The smallest absolute Gasteiger partial charge is 0.406 e. The Morgan fingerprint density at radius 2 is 1.61 bits per heavy atom. The van der Waals surface area contributed by atoms with Crippen LogP contribution >= 0.6 is 0 Å². The molecule has 1 aliphatic rings. The molecule has 0 aromatic heterocycles. The molecule has 0 spiro atoms. The van der Waals surface area contributed by atoms with Gasteiger partial charge in [0.2, 0.25) is 5.91 Å². The van der Waals surface area contributed by atoms with Crippen molar-refractivity contribution in [2.24, 2.45) is 0 Å². The lowest BCUT2D eigenvalue weighted by molar-refractivity contribution is -0.124. The van der Waals surface area contributed by atoms with Crippen molar-refractivity contribution in [1.29, 1.82) is 0 Å². The Hall–Kier alpha value is -2.90. The average molecular weight is 319 g/mol. The van der Waals surface area contributed by atoms with Crippen molar-refractivity contribution in [3.63, 3.8) is 0 Å². The van der Waals surface area contributed by atoms with E-state index < -0.39 is 29.9 Å². The van der Waals surface area contributed by atoms with E-state index in [4.69, 9.17) is 0 Å². The minimum absolute atomic E-state index is 0.154. The van der Waals surface area contributed by atoms with Crippen molar-refractivity contribution in [2.75, 3.05) is 20.2 Å². The van der Waals surface area contributed by atoms with Gasteiger partial charge in [0.15, 0.2) is 0 Å². The molecule has 1 aromatic carbocycles. The molecular weight excluding hydrogens is 302 g/mol. The van der Waals surface area contributed by atoms with E-state index in [0.717, 1.165) is 4.90 Å². The molecule has 122 valence electrons. The number of rotatable bonds is 5. The monoisotopic (exact) mass is 319 g/mol. The molecule has 8 heteroatoms. The first-order valence-corrected chi connectivity index (χ1v) is 7.03. The van der Waals surface area contributed by atoms with Crippen LogP contribution in [0.4, 0.5) is 4.79 Å². The van der Waals surface area contributed by atoms with Crippen molar-refractivity contribution in [1.82, 2.24) is 15.5 Å². The molecule has 2 rings (SSSR count). The second-order valence-corrected chi connectivity index (χ2v) is 4.91. The minimum atomic E-state index is -0.944. The number of benzene rings is 1. The summed E-state index contributed by atoms with van der Waals surface area (Å²) in [5, 5.41) is 4.96. The highest BCUT2D eigenvalue weighted by molar-refractivity contribution is 6.22. The van der Waals surface area contributed by atoms with Crippen LogP contribution in [-0.2, 0) is 9.53 Å². The van der Waals surface area contributed by atoms with E-state index in [1.807, 2.05) is 0 Å². The second-order valence-electron chi connectivity index (χ2n) is 4.91. The molecule has 1 aromatic rings. The number of fused-ring (bicyclic) bond motifs is 1. The molecule has 0 aliphatic carbocycles. The Morgan fingerprint density at radius 1 is 1.09 bits per heavy atom. The Kier molecular flexibility index (Phi) is 4.95. The molecular formula is C15H17N3O5. The summed E-state index contributed by atoms with van der Waals surface area (Å²) in [6.07, 6.45) is -0.604. The number of hydrogen-bond acceptors (Lipinski definition) is 5. The number of carbonyl (C=O) groups is 4. The molecule has 2 N–H and O–H groups in total. The number of alkyl carbamates (subject to hydrolysis) is 1. The maximum atomic E-state index is 12.3. The molecule has 0 radical (unpaired) electrons. The van der Waals surface area contributed by atoms with Gasteiger partial charge in [-0.05, 0) is 19.1 Å². The third kappa shape index (κ3) is 3.31. The summed E-state index contributed by atoms with van der Waals surface area (Å²) < 4.78 is 4.39. The van der Waals surface area contributed by atoms with Crippen LogP contribution in [0.5, 0.6) is 0 Å². The fraction of sp³-hybridized carbons (Fsp3) is 0.333. The largest absolute Gasteiger partial charge is 0.453 e. The van der Waals surface area contributed by atoms with Crippen molar-refractivity contribution < 1.29 is 23.9 Å². The van der Waals surface area contributed by atoms with Crippen LogP contribution in [0.15, 0.2) is 24.3 Å². The van der Waals surface area contributed by atoms with Gasteiger partial charge >= 0.3 is 6.09 Å². The summed E-state index contributed by atoms with van der Waals surface area (Å²) in [6.45, 7) is 1.81. The van der Waals surface area contributed by atoms with Gasteiger partial charge in [-0.15, -0.1) is 0 Å². The van der Waals surface area contributed by atoms with Crippen molar-refractivity contribution in [3.8, 4) is 0 Å².